The van der Waals surface area contributed by atoms with Crippen molar-refractivity contribution in [1.29, 1.82) is 0 Å². The molecule has 0 aliphatic carbocycles. The van der Waals surface area contributed by atoms with Gasteiger partial charge in [0.15, 0.2) is 0 Å². The van der Waals surface area contributed by atoms with Crippen LogP contribution in [0.2, 0.25) is 0 Å². The predicted molar refractivity (Wildman–Crippen MR) is 58.4 cm³/mol. The van der Waals surface area contributed by atoms with Gasteiger partial charge < -0.3 is 9.15 Å². The highest BCUT2D eigenvalue weighted by atomic mass is 16.5. The van der Waals surface area contributed by atoms with Crippen molar-refractivity contribution in [1.82, 2.24) is 0 Å². The Bertz CT molecular complexity index is 583. The molecular weight excluding hydrogens is 208 g/mol. The van der Waals surface area contributed by atoms with Crippen molar-refractivity contribution in [3.05, 3.63) is 40.2 Å². The van der Waals surface area contributed by atoms with Crippen molar-refractivity contribution < 1.29 is 13.9 Å². The molecule has 0 unspecified atom stereocenters. The summed E-state index contributed by atoms with van der Waals surface area (Å²) in [6.07, 6.45) is 1.55. The maximum atomic E-state index is 11.6. The minimum absolute atomic E-state index is 0.129. The molecule has 0 saturated carbocycles. The van der Waals surface area contributed by atoms with E-state index in [4.69, 9.17) is 9.15 Å². The van der Waals surface area contributed by atoms with E-state index in [1.165, 1.54) is 7.11 Å². The third kappa shape index (κ3) is 1.58. The Labute approximate surface area is 91.4 Å². The lowest BCUT2D eigenvalue weighted by molar-refractivity contribution is 0.407. The second kappa shape index (κ2) is 4.18. The maximum absolute atomic E-state index is 11.6. The highest BCUT2D eigenvalue weighted by molar-refractivity contribution is 5.85. The number of rotatable bonds is 3. The number of para-hydroxylation sites is 1. The Morgan fingerprint density at radius 3 is 2.81 bits per heavy atom. The van der Waals surface area contributed by atoms with Gasteiger partial charge in [-0.3, -0.25) is 4.79 Å². The maximum Gasteiger partial charge on any atom is 0.343 e. The van der Waals surface area contributed by atoms with E-state index in [0.29, 0.717) is 16.7 Å². The summed E-state index contributed by atoms with van der Waals surface area (Å²) in [5, 5.41) is 0.676. The highest BCUT2D eigenvalue weighted by Crippen LogP contribution is 2.26. The monoisotopic (exact) mass is 217 g/mol. The largest absolute Gasteiger partial charge is 0.495 e. The molecule has 16 heavy (non-hydrogen) atoms. The van der Waals surface area contributed by atoms with E-state index in [1.54, 1.807) is 30.6 Å². The van der Waals surface area contributed by atoms with Crippen molar-refractivity contribution in [2.75, 3.05) is 7.11 Å². The Hall–Kier alpha value is -2.10. The summed E-state index contributed by atoms with van der Waals surface area (Å²) in [5.74, 6) is 0.384. The number of hydrogen-bond donors (Lipinski definition) is 0. The van der Waals surface area contributed by atoms with Crippen molar-refractivity contribution in [3.8, 4) is 5.75 Å². The first-order valence-electron chi connectivity index (χ1n) is 4.71. The average molecular weight is 217 g/mol. The lowest BCUT2D eigenvalue weighted by atomic mass is 10.1. The molecule has 1 aromatic heterocycles. The smallest absolute Gasteiger partial charge is 0.343 e. The van der Waals surface area contributed by atoms with Crippen molar-refractivity contribution in [2.45, 2.75) is 6.42 Å². The van der Waals surface area contributed by atoms with Gasteiger partial charge in [-0.25, -0.2) is 4.79 Å². The molecule has 2 aromatic rings. The van der Waals surface area contributed by atoms with E-state index in [-0.39, 0.29) is 12.0 Å². The molecule has 4 heteroatoms. The fourth-order valence-electron chi connectivity index (χ4n) is 1.62. The quantitative estimate of drug-likeness (QED) is 0.730. The van der Waals surface area contributed by atoms with Crippen molar-refractivity contribution in [2.24, 2.45) is 0 Å². The molecule has 0 fully saturated rings. The number of carbonyl (C=O) groups excluding carboxylic acids is 1. The summed E-state index contributed by atoms with van der Waals surface area (Å²) in [5.41, 5.74) is 0.0918. The summed E-state index contributed by atoms with van der Waals surface area (Å²) in [7, 11) is 1.45. The van der Waals surface area contributed by atoms with E-state index in [1.807, 2.05) is 0 Å². The Kier molecular flexibility index (Phi) is 2.72. The Morgan fingerprint density at radius 2 is 2.12 bits per heavy atom. The van der Waals surface area contributed by atoms with Crippen LogP contribution in [0.3, 0.4) is 0 Å². The van der Waals surface area contributed by atoms with Gasteiger partial charge in [0.1, 0.15) is 11.3 Å². The minimum Gasteiger partial charge on any atom is -0.495 e. The van der Waals surface area contributed by atoms with Gasteiger partial charge in [0.25, 0.3) is 0 Å². The van der Waals surface area contributed by atoms with Gasteiger partial charge in [0, 0.05) is 0 Å². The second-order valence-electron chi connectivity index (χ2n) is 3.22. The summed E-state index contributed by atoms with van der Waals surface area (Å²) in [4.78, 5) is 21.9. The average Bonchev–Trinajstić information content (AvgIpc) is 2.30. The molecule has 2 rings (SSSR count). The lowest BCUT2D eigenvalue weighted by Gasteiger charge is -2.07. The molecular formula is C12H9O4. The van der Waals surface area contributed by atoms with Crippen LogP contribution >= 0.6 is 0 Å². The van der Waals surface area contributed by atoms with Crippen LogP contribution in [0.5, 0.6) is 5.75 Å². The fraction of sp³-hybridized carbons (Fsp3) is 0.167. The van der Waals surface area contributed by atoms with Gasteiger partial charge in [-0.15, -0.1) is 0 Å². The Balaban J connectivity index is 2.84. The fourth-order valence-corrected chi connectivity index (χ4v) is 1.62. The van der Waals surface area contributed by atoms with Crippen molar-refractivity contribution >= 4 is 17.3 Å². The number of fused-ring (bicyclic) bond motifs is 1. The molecule has 0 amide bonds. The summed E-state index contributed by atoms with van der Waals surface area (Å²) in [6, 6.07) is 7.01. The van der Waals surface area contributed by atoms with E-state index in [9.17, 15) is 9.59 Å². The van der Waals surface area contributed by atoms with Crippen LogP contribution in [0.4, 0.5) is 0 Å². The summed E-state index contributed by atoms with van der Waals surface area (Å²) in [6.45, 7) is 0. The van der Waals surface area contributed by atoms with Crippen LogP contribution in [0.15, 0.2) is 33.5 Å². The van der Waals surface area contributed by atoms with Crippen LogP contribution in [0.1, 0.15) is 5.56 Å². The first kappa shape index (κ1) is 10.4. The zero-order valence-electron chi connectivity index (χ0n) is 8.65. The minimum atomic E-state index is -0.557. The first-order chi connectivity index (χ1) is 7.77. The van der Waals surface area contributed by atoms with Gasteiger partial charge in [-0.2, -0.15) is 0 Å². The van der Waals surface area contributed by atoms with Crippen LogP contribution in [-0.2, 0) is 11.2 Å². The number of ether oxygens (including phenoxy) is 1. The zero-order chi connectivity index (χ0) is 11.5. The van der Waals surface area contributed by atoms with E-state index < -0.39 is 5.63 Å². The van der Waals surface area contributed by atoms with Gasteiger partial charge in [0.05, 0.1) is 24.5 Å². The summed E-state index contributed by atoms with van der Waals surface area (Å²) >= 11 is 0. The zero-order valence-corrected chi connectivity index (χ0v) is 8.65. The normalized spacial score (nSPS) is 10.3. The molecule has 1 aromatic carbocycles. The van der Waals surface area contributed by atoms with Gasteiger partial charge in [-0.05, 0) is 12.1 Å². The van der Waals surface area contributed by atoms with E-state index >= 15 is 0 Å². The van der Waals surface area contributed by atoms with Gasteiger partial charge in [-0.1, -0.05) is 12.1 Å². The molecule has 4 nitrogen and oxygen atoms in total. The molecule has 0 bridgehead atoms. The van der Waals surface area contributed by atoms with Crippen LogP contribution < -0.4 is 10.4 Å². The second-order valence-corrected chi connectivity index (χ2v) is 3.22. The van der Waals surface area contributed by atoms with Crippen molar-refractivity contribution in [3.63, 3.8) is 0 Å². The SMILES string of the molecule is COc1c(C[C]=O)c(=O)oc2ccccc12. The molecule has 1 heterocycles. The van der Waals surface area contributed by atoms with Crippen LogP contribution in [0, 0.1) is 0 Å². The molecule has 1 radical (unpaired) electrons. The van der Waals surface area contributed by atoms with E-state index in [0.717, 1.165) is 0 Å². The van der Waals surface area contributed by atoms with Gasteiger partial charge in [0.2, 0.25) is 6.29 Å². The lowest BCUT2D eigenvalue weighted by Crippen LogP contribution is -2.10. The third-order valence-electron chi connectivity index (χ3n) is 2.31. The van der Waals surface area contributed by atoms with Crippen LogP contribution in [-0.4, -0.2) is 13.4 Å². The van der Waals surface area contributed by atoms with E-state index in [2.05, 4.69) is 0 Å². The molecule has 0 saturated heterocycles. The number of methoxy groups -OCH3 is 1. The Morgan fingerprint density at radius 1 is 1.38 bits per heavy atom. The molecule has 0 spiro atoms. The summed E-state index contributed by atoms with van der Waals surface area (Å²) < 4.78 is 10.2. The van der Waals surface area contributed by atoms with Gasteiger partial charge >= 0.3 is 5.63 Å². The predicted octanol–water partition coefficient (Wildman–Crippen LogP) is 1.45. The van der Waals surface area contributed by atoms with Crippen LogP contribution in [0.25, 0.3) is 11.0 Å². The molecule has 0 atom stereocenters. The highest BCUT2D eigenvalue weighted by Gasteiger charge is 2.14. The molecule has 0 N–H and O–H groups in total. The number of hydrogen-bond acceptors (Lipinski definition) is 4. The standard InChI is InChI=1S/C12H9O4/c1-15-11-8-4-2-3-5-10(8)16-12(14)9(11)6-7-13/h2-5H,6H2,1H3. The molecule has 0 aliphatic heterocycles. The number of benzene rings is 1. The topological polar surface area (TPSA) is 56.5 Å². The molecule has 0 aliphatic rings. The molecule has 81 valence electrons. The third-order valence-corrected chi connectivity index (χ3v) is 2.31. The first-order valence-corrected chi connectivity index (χ1v) is 4.71.